The largest absolute Gasteiger partial charge is 0.331 e. The Morgan fingerprint density at radius 3 is 1.36 bits per heavy atom. The fourth-order valence-electron chi connectivity index (χ4n) is 5.80. The highest BCUT2D eigenvalue weighted by molar-refractivity contribution is 7.90. The third-order valence-electron chi connectivity index (χ3n) is 8.33. The molecule has 0 radical (unpaired) electrons. The first-order chi connectivity index (χ1) is 21.2. The van der Waals surface area contributed by atoms with Crippen LogP contribution in [0, 0.1) is 32.9 Å². The average molecular weight is 640 g/mol. The lowest BCUT2D eigenvalue weighted by Gasteiger charge is -2.16. The molecular weight excluding hydrogens is 605 g/mol. The highest BCUT2D eigenvalue weighted by Gasteiger charge is 2.39. The molecule has 45 heavy (non-hydrogen) atoms. The third-order valence-corrected chi connectivity index (χ3v) is 10.1. The van der Waals surface area contributed by atoms with Crippen molar-refractivity contribution in [3.63, 3.8) is 0 Å². The van der Waals surface area contributed by atoms with Gasteiger partial charge in [-0.05, 0) is 109 Å². The lowest BCUT2D eigenvalue weighted by molar-refractivity contribution is 0.487. The maximum Gasteiger partial charge on any atom is 0.331 e. The number of hydrogen-bond acceptors (Lipinski definition) is 4. The molecule has 1 aliphatic rings. The molecule has 0 saturated heterocycles. The smallest absolute Gasteiger partial charge is 0.275 e. The van der Waals surface area contributed by atoms with Crippen LogP contribution in [0.4, 0.5) is 0 Å². The summed E-state index contributed by atoms with van der Waals surface area (Å²) in [5, 5.41) is -0.619. The Morgan fingerprint density at radius 2 is 1.00 bits per heavy atom. The molecule has 0 fully saturated rings. The average Bonchev–Trinajstić information content (AvgIpc) is 2.98. The van der Waals surface area contributed by atoms with Crippen molar-refractivity contribution < 1.29 is 25.9 Å². The maximum atomic E-state index is 12.6. The number of aryl methyl sites for hydroxylation is 4. The fraction of sp³-hybridized carbons (Fsp3) is 0.162. The summed E-state index contributed by atoms with van der Waals surface area (Å²) in [6.45, 7) is 8.33. The van der Waals surface area contributed by atoms with Crippen LogP contribution in [0.15, 0.2) is 114 Å². The highest BCUT2D eigenvalue weighted by Crippen LogP contribution is 2.39. The summed E-state index contributed by atoms with van der Waals surface area (Å²) >= 11 is 0. The van der Waals surface area contributed by atoms with Gasteiger partial charge in [-0.25, -0.2) is 0 Å². The number of benzene rings is 4. The first-order valence-corrected chi connectivity index (χ1v) is 17.4. The molecule has 0 amide bonds. The van der Waals surface area contributed by atoms with Crippen LogP contribution in [0.3, 0.4) is 0 Å². The lowest BCUT2D eigenvalue weighted by atomic mass is 9.87. The summed E-state index contributed by atoms with van der Waals surface area (Å²) in [5.41, 5.74) is 11.3. The summed E-state index contributed by atoms with van der Waals surface area (Å²) in [6, 6.07) is 27.9. The Labute approximate surface area is 266 Å². The topological polar surface area (TPSA) is 109 Å². The van der Waals surface area contributed by atoms with E-state index in [1.54, 1.807) is 0 Å². The first kappa shape index (κ1) is 32.2. The van der Waals surface area contributed by atoms with Gasteiger partial charge in [0.05, 0.1) is 11.6 Å². The number of rotatable bonds is 8. The van der Waals surface area contributed by atoms with Gasteiger partial charge in [-0.3, -0.25) is 9.11 Å². The van der Waals surface area contributed by atoms with Crippen molar-refractivity contribution in [3.05, 3.63) is 175 Å². The lowest BCUT2D eigenvalue weighted by Crippen LogP contribution is -2.17. The van der Waals surface area contributed by atoms with Crippen molar-refractivity contribution in [2.45, 2.75) is 40.5 Å². The van der Waals surface area contributed by atoms with E-state index in [1.165, 1.54) is 39.5 Å². The molecule has 8 heteroatoms. The Morgan fingerprint density at radius 1 is 0.600 bits per heavy atom. The second-order valence-electron chi connectivity index (χ2n) is 11.5. The molecular formula is C37H35O6S2+. The molecule has 230 valence electrons. The monoisotopic (exact) mass is 639 g/mol. The van der Waals surface area contributed by atoms with E-state index in [9.17, 15) is 25.9 Å². The van der Waals surface area contributed by atoms with Crippen LogP contribution in [-0.2, 0) is 33.1 Å². The molecule has 0 spiro atoms. The normalized spacial score (nSPS) is 13.6. The van der Waals surface area contributed by atoms with E-state index in [4.69, 9.17) is 0 Å². The molecule has 0 bridgehead atoms. The molecule has 0 aliphatic heterocycles. The minimum Gasteiger partial charge on any atom is -0.275 e. The molecule has 0 aromatic heterocycles. The van der Waals surface area contributed by atoms with Crippen LogP contribution in [0.1, 0.15) is 55.6 Å². The predicted molar refractivity (Wildman–Crippen MR) is 180 cm³/mol. The molecule has 0 atom stereocenters. The Bertz CT molecular complexity index is 1930. The summed E-state index contributed by atoms with van der Waals surface area (Å²) in [6.07, 6.45) is 4.66. The van der Waals surface area contributed by atoms with Gasteiger partial charge in [-0.15, -0.1) is 0 Å². The van der Waals surface area contributed by atoms with Gasteiger partial charge < -0.3 is 0 Å². The summed E-state index contributed by atoms with van der Waals surface area (Å²) in [5.74, 6) is 0. The predicted octanol–water partition coefficient (Wildman–Crippen LogP) is 7.67. The van der Waals surface area contributed by atoms with Crippen LogP contribution in [0.2, 0.25) is 0 Å². The number of allylic oxidation sites excluding steroid dienone is 2. The molecule has 4 aromatic rings. The SMILES string of the molecule is Cc1cccc(C)c1Cc1ccc(C(=C2C=CC(S(=O)(=O)O)=C[C+]2S(=O)(=O)O)c2ccc(Cc3c(C)cccc3C)cc2)cc1. The van der Waals surface area contributed by atoms with Gasteiger partial charge in [0.15, 0.2) is 10.2 Å². The molecule has 0 heterocycles. The second-order valence-corrected chi connectivity index (χ2v) is 14.3. The minimum absolute atomic E-state index is 0.106. The number of hydrogen-bond donors (Lipinski definition) is 2. The van der Waals surface area contributed by atoms with Crippen molar-refractivity contribution in [2.75, 3.05) is 0 Å². The zero-order valence-corrected chi connectivity index (χ0v) is 27.2. The fourth-order valence-corrected chi connectivity index (χ4v) is 7.11. The summed E-state index contributed by atoms with van der Waals surface area (Å²) < 4.78 is 68.8. The van der Waals surface area contributed by atoms with Crippen molar-refractivity contribution in [2.24, 2.45) is 0 Å². The standard InChI is InChI=1S/C37H34O6S2/c1-24-7-5-8-25(2)34(24)21-28-11-15-30(16-12-28)37(33-20-19-32(44(38,39)40)23-36(33)45(41,42)43)31-17-13-29(14-18-31)22-35-26(3)9-6-10-27(35)4/h5-20,23H,21-22H2,1-4H3,(H-,38,39,40,41,42,43)/p+1. The molecule has 0 unspecified atom stereocenters. The Balaban J connectivity index is 1.62. The third kappa shape index (κ3) is 7.21. The quantitative estimate of drug-likeness (QED) is 0.151. The highest BCUT2D eigenvalue weighted by atomic mass is 32.2. The second kappa shape index (κ2) is 12.7. The summed E-state index contributed by atoms with van der Waals surface area (Å²) in [4.78, 5) is -0.633. The van der Waals surface area contributed by atoms with E-state index in [0.29, 0.717) is 16.7 Å². The van der Waals surface area contributed by atoms with E-state index < -0.39 is 30.4 Å². The van der Waals surface area contributed by atoms with Gasteiger partial charge in [-0.2, -0.15) is 16.8 Å². The van der Waals surface area contributed by atoms with Crippen LogP contribution >= 0.6 is 0 Å². The van der Waals surface area contributed by atoms with Crippen molar-refractivity contribution >= 4 is 25.8 Å². The minimum atomic E-state index is -4.89. The van der Waals surface area contributed by atoms with Crippen LogP contribution in [0.25, 0.3) is 5.57 Å². The van der Waals surface area contributed by atoms with E-state index >= 15 is 0 Å². The molecule has 0 saturated carbocycles. The van der Waals surface area contributed by atoms with Crippen LogP contribution in [-0.4, -0.2) is 25.9 Å². The van der Waals surface area contributed by atoms with Gasteiger partial charge in [0.1, 0.15) is 5.57 Å². The molecule has 1 aliphatic carbocycles. The molecule has 4 aromatic carbocycles. The van der Waals surface area contributed by atoms with Crippen LogP contribution in [0.5, 0.6) is 0 Å². The van der Waals surface area contributed by atoms with Gasteiger partial charge in [0.2, 0.25) is 0 Å². The zero-order valence-electron chi connectivity index (χ0n) is 25.6. The Kier molecular flexibility index (Phi) is 9.05. The van der Waals surface area contributed by atoms with Crippen molar-refractivity contribution in [3.8, 4) is 0 Å². The van der Waals surface area contributed by atoms with Gasteiger partial charge in [0, 0.05) is 23.3 Å². The summed E-state index contributed by atoms with van der Waals surface area (Å²) in [7, 11) is -9.62. The molecule has 2 N–H and O–H groups in total. The van der Waals surface area contributed by atoms with E-state index in [-0.39, 0.29) is 5.57 Å². The van der Waals surface area contributed by atoms with E-state index in [0.717, 1.165) is 36.1 Å². The first-order valence-electron chi connectivity index (χ1n) is 14.5. The Hall–Kier alpha value is -4.21. The molecule has 5 rings (SSSR count). The van der Waals surface area contributed by atoms with Crippen molar-refractivity contribution in [1.29, 1.82) is 0 Å². The molecule has 6 nitrogen and oxygen atoms in total. The van der Waals surface area contributed by atoms with Crippen molar-refractivity contribution in [1.82, 2.24) is 0 Å². The van der Waals surface area contributed by atoms with Crippen LogP contribution < -0.4 is 0 Å². The van der Waals surface area contributed by atoms with E-state index in [1.807, 2.05) is 60.7 Å². The zero-order chi connectivity index (χ0) is 32.5. The van der Waals surface area contributed by atoms with Gasteiger partial charge >= 0.3 is 20.2 Å². The van der Waals surface area contributed by atoms with Gasteiger partial charge in [0.25, 0.3) is 0 Å². The van der Waals surface area contributed by atoms with E-state index in [2.05, 4.69) is 52.0 Å². The maximum absolute atomic E-state index is 12.6. The van der Waals surface area contributed by atoms with Gasteiger partial charge in [-0.1, -0.05) is 60.7 Å².